The maximum Gasteiger partial charge on any atom is 0.181 e. The van der Waals surface area contributed by atoms with Crippen LogP contribution in [0.25, 0.3) is 27.9 Å². The number of carbonyl (C=O) groups excluding carboxylic acids is 1. The molecule has 0 amide bonds. The van der Waals surface area contributed by atoms with Crippen LogP contribution in [-0.4, -0.2) is 20.7 Å². The van der Waals surface area contributed by atoms with E-state index in [1.807, 2.05) is 18.5 Å². The number of nitrogens with one attached hydrogen (secondary N) is 1. The van der Waals surface area contributed by atoms with Gasteiger partial charge in [-0.05, 0) is 48.5 Å². The van der Waals surface area contributed by atoms with Crippen LogP contribution >= 0.6 is 0 Å². The standard InChI is InChI=1S/C20H19N3O2/c1-2-15(24)9-13-4-3-5-14(8-13)16-6-7-22-20-19(16)17(10-23-20)18-11-21-12-25-18/h2,5-7,10-13H,1,3-4,8-9H2,(H,22,23). The van der Waals surface area contributed by atoms with Crippen molar-refractivity contribution in [2.24, 2.45) is 5.92 Å². The fourth-order valence-corrected chi connectivity index (χ4v) is 3.62. The summed E-state index contributed by atoms with van der Waals surface area (Å²) in [6.07, 6.45) is 14.0. The number of hydrogen-bond donors (Lipinski definition) is 1. The molecule has 3 aromatic rings. The van der Waals surface area contributed by atoms with Crippen molar-refractivity contribution in [3.8, 4) is 11.3 Å². The van der Waals surface area contributed by atoms with Gasteiger partial charge in [-0.1, -0.05) is 12.7 Å². The number of allylic oxidation sites excluding steroid dienone is 3. The zero-order chi connectivity index (χ0) is 17.2. The van der Waals surface area contributed by atoms with E-state index < -0.39 is 0 Å². The van der Waals surface area contributed by atoms with Crippen molar-refractivity contribution in [3.05, 3.63) is 55.3 Å². The lowest BCUT2D eigenvalue weighted by Gasteiger charge is -2.22. The van der Waals surface area contributed by atoms with Gasteiger partial charge in [0.1, 0.15) is 5.65 Å². The molecule has 0 bridgehead atoms. The number of carbonyl (C=O) groups is 1. The van der Waals surface area contributed by atoms with Gasteiger partial charge in [0.15, 0.2) is 17.9 Å². The highest BCUT2D eigenvalue weighted by molar-refractivity contribution is 6.00. The molecule has 0 spiro atoms. The third-order valence-electron chi connectivity index (χ3n) is 4.81. The number of nitrogens with zero attached hydrogens (tertiary/aromatic N) is 2. The first kappa shape index (κ1) is 15.6. The lowest BCUT2D eigenvalue weighted by molar-refractivity contribution is -0.115. The molecule has 5 nitrogen and oxygen atoms in total. The topological polar surface area (TPSA) is 71.8 Å². The van der Waals surface area contributed by atoms with Crippen molar-refractivity contribution < 1.29 is 9.21 Å². The van der Waals surface area contributed by atoms with Crippen LogP contribution in [0.15, 0.2) is 54.2 Å². The summed E-state index contributed by atoms with van der Waals surface area (Å²) in [5.74, 6) is 1.20. The highest BCUT2D eigenvalue weighted by Crippen LogP contribution is 2.38. The van der Waals surface area contributed by atoms with Crippen LogP contribution < -0.4 is 0 Å². The number of aromatic amines is 1. The summed E-state index contributed by atoms with van der Waals surface area (Å²) < 4.78 is 5.48. The Morgan fingerprint density at radius 3 is 3.16 bits per heavy atom. The van der Waals surface area contributed by atoms with E-state index in [4.69, 9.17) is 4.42 Å². The first-order valence-corrected chi connectivity index (χ1v) is 8.46. The SMILES string of the molecule is C=CC(=O)CC1CCC=C(c2ccnc3[nH]cc(-c4cnco4)c23)C1. The number of H-pyrrole nitrogens is 1. The van der Waals surface area contributed by atoms with E-state index in [1.165, 1.54) is 18.0 Å². The summed E-state index contributed by atoms with van der Waals surface area (Å²) in [6.45, 7) is 3.58. The summed E-state index contributed by atoms with van der Waals surface area (Å²) in [5.41, 5.74) is 4.20. The van der Waals surface area contributed by atoms with Gasteiger partial charge in [-0.15, -0.1) is 0 Å². The molecule has 3 heterocycles. The van der Waals surface area contributed by atoms with Crippen LogP contribution in [-0.2, 0) is 4.79 Å². The van der Waals surface area contributed by atoms with Crippen LogP contribution in [0.5, 0.6) is 0 Å². The van der Waals surface area contributed by atoms with Crippen LogP contribution in [0.2, 0.25) is 0 Å². The van der Waals surface area contributed by atoms with E-state index >= 15 is 0 Å². The molecule has 126 valence electrons. The highest BCUT2D eigenvalue weighted by atomic mass is 16.3. The monoisotopic (exact) mass is 333 g/mol. The largest absolute Gasteiger partial charge is 0.443 e. The number of oxazole rings is 1. The predicted octanol–water partition coefficient (Wildman–Crippen LogP) is 4.55. The van der Waals surface area contributed by atoms with Crippen molar-refractivity contribution in [1.29, 1.82) is 0 Å². The molecular weight excluding hydrogens is 314 g/mol. The van der Waals surface area contributed by atoms with E-state index in [1.54, 1.807) is 6.20 Å². The summed E-state index contributed by atoms with van der Waals surface area (Å²) in [4.78, 5) is 23.4. The zero-order valence-electron chi connectivity index (χ0n) is 13.9. The molecule has 4 rings (SSSR count). The maximum atomic E-state index is 11.7. The molecule has 3 aromatic heterocycles. The predicted molar refractivity (Wildman–Crippen MR) is 96.7 cm³/mol. The summed E-state index contributed by atoms with van der Waals surface area (Å²) >= 11 is 0. The lowest BCUT2D eigenvalue weighted by Crippen LogP contribution is -2.11. The van der Waals surface area contributed by atoms with Gasteiger partial charge >= 0.3 is 0 Å². The second kappa shape index (κ2) is 6.51. The number of pyridine rings is 1. The van der Waals surface area contributed by atoms with E-state index in [2.05, 4.69) is 27.6 Å². The van der Waals surface area contributed by atoms with Gasteiger partial charge in [0.25, 0.3) is 0 Å². The minimum Gasteiger partial charge on any atom is -0.443 e. The molecule has 0 saturated carbocycles. The molecule has 0 saturated heterocycles. The average molecular weight is 333 g/mol. The van der Waals surface area contributed by atoms with Gasteiger partial charge in [0.2, 0.25) is 0 Å². The van der Waals surface area contributed by atoms with Crippen molar-refractivity contribution >= 4 is 22.4 Å². The first-order chi connectivity index (χ1) is 12.3. The Kier molecular flexibility index (Phi) is 4.06. The zero-order valence-corrected chi connectivity index (χ0v) is 13.9. The molecule has 5 heteroatoms. The van der Waals surface area contributed by atoms with Crippen molar-refractivity contribution in [3.63, 3.8) is 0 Å². The molecule has 25 heavy (non-hydrogen) atoms. The Bertz CT molecular complexity index is 951. The third-order valence-corrected chi connectivity index (χ3v) is 4.81. The molecule has 0 aliphatic heterocycles. The summed E-state index contributed by atoms with van der Waals surface area (Å²) in [6, 6.07) is 2.04. The van der Waals surface area contributed by atoms with Crippen molar-refractivity contribution in [1.82, 2.24) is 15.0 Å². The fourth-order valence-electron chi connectivity index (χ4n) is 3.62. The van der Waals surface area contributed by atoms with Crippen LogP contribution in [0.3, 0.4) is 0 Å². The number of aromatic nitrogens is 3. The second-order valence-electron chi connectivity index (χ2n) is 6.40. The Morgan fingerprint density at radius 1 is 1.44 bits per heavy atom. The Morgan fingerprint density at radius 2 is 2.36 bits per heavy atom. The Labute approximate surface area is 145 Å². The number of rotatable bonds is 5. The van der Waals surface area contributed by atoms with Crippen molar-refractivity contribution in [2.45, 2.75) is 25.7 Å². The Balaban J connectivity index is 1.74. The van der Waals surface area contributed by atoms with Gasteiger partial charge in [0.05, 0.1) is 6.20 Å². The smallest absolute Gasteiger partial charge is 0.181 e. The lowest BCUT2D eigenvalue weighted by atomic mass is 9.82. The summed E-state index contributed by atoms with van der Waals surface area (Å²) in [7, 11) is 0. The van der Waals surface area contributed by atoms with E-state index in [0.717, 1.165) is 47.2 Å². The second-order valence-corrected chi connectivity index (χ2v) is 6.40. The molecular formula is C20H19N3O2. The molecule has 0 radical (unpaired) electrons. The van der Waals surface area contributed by atoms with E-state index in [9.17, 15) is 4.79 Å². The molecule has 0 aromatic carbocycles. The van der Waals surface area contributed by atoms with Gasteiger partial charge in [-0.3, -0.25) is 4.79 Å². The number of hydrogen-bond acceptors (Lipinski definition) is 4. The summed E-state index contributed by atoms with van der Waals surface area (Å²) in [5, 5.41) is 1.04. The van der Waals surface area contributed by atoms with Crippen molar-refractivity contribution in [2.75, 3.05) is 0 Å². The average Bonchev–Trinajstić information content (AvgIpc) is 3.30. The van der Waals surface area contributed by atoms with Crippen LogP contribution in [0.4, 0.5) is 0 Å². The fraction of sp³-hybridized carbons (Fsp3) is 0.250. The molecule has 1 aliphatic rings. The van der Waals surface area contributed by atoms with Crippen LogP contribution in [0, 0.1) is 5.92 Å². The molecule has 1 N–H and O–H groups in total. The number of fused-ring (bicyclic) bond motifs is 1. The van der Waals surface area contributed by atoms with Gasteiger partial charge in [-0.25, -0.2) is 9.97 Å². The third kappa shape index (κ3) is 2.93. The van der Waals surface area contributed by atoms with E-state index in [-0.39, 0.29) is 5.78 Å². The van der Waals surface area contributed by atoms with Gasteiger partial charge in [-0.2, -0.15) is 0 Å². The Hall–Kier alpha value is -2.95. The van der Waals surface area contributed by atoms with Crippen LogP contribution in [0.1, 0.15) is 31.2 Å². The minimum atomic E-state index is 0.120. The first-order valence-electron chi connectivity index (χ1n) is 8.46. The number of ketones is 1. The quantitative estimate of drug-likeness (QED) is 0.695. The van der Waals surface area contributed by atoms with Gasteiger partial charge in [0, 0.05) is 29.8 Å². The van der Waals surface area contributed by atoms with Gasteiger partial charge < -0.3 is 9.40 Å². The molecule has 1 atom stereocenters. The normalized spacial score (nSPS) is 17.4. The molecule has 1 aliphatic carbocycles. The molecule has 1 unspecified atom stereocenters. The van der Waals surface area contributed by atoms with E-state index in [0.29, 0.717) is 12.3 Å². The molecule has 0 fully saturated rings. The minimum absolute atomic E-state index is 0.120. The maximum absolute atomic E-state index is 11.7. The highest BCUT2D eigenvalue weighted by Gasteiger charge is 2.22.